The molecule has 28 heavy (non-hydrogen) atoms. The maximum atomic E-state index is 12.8. The van der Waals surface area contributed by atoms with E-state index in [0.717, 1.165) is 17.9 Å². The van der Waals surface area contributed by atoms with E-state index < -0.39 is 0 Å². The molecule has 1 aromatic heterocycles. The minimum absolute atomic E-state index is 0.101. The SMILES string of the molecule is CCn1cc(Cl)c(CN(C)C(=O)c2cccc(COc3ccc(Cl)cc3)c2)n1. The summed E-state index contributed by atoms with van der Waals surface area (Å²) in [6, 6.07) is 14.6. The molecule has 0 saturated heterocycles. The lowest BCUT2D eigenvalue weighted by Crippen LogP contribution is -2.26. The van der Waals surface area contributed by atoms with Crippen LogP contribution in [0.15, 0.2) is 54.7 Å². The molecule has 0 N–H and O–H groups in total. The van der Waals surface area contributed by atoms with Gasteiger partial charge in [0, 0.05) is 30.4 Å². The fourth-order valence-corrected chi connectivity index (χ4v) is 3.05. The summed E-state index contributed by atoms with van der Waals surface area (Å²) in [5.41, 5.74) is 2.18. The third kappa shape index (κ3) is 5.06. The van der Waals surface area contributed by atoms with Crippen molar-refractivity contribution in [2.75, 3.05) is 7.05 Å². The molecule has 146 valence electrons. The highest BCUT2D eigenvalue weighted by Crippen LogP contribution is 2.19. The number of carbonyl (C=O) groups excluding carboxylic acids is 1. The van der Waals surface area contributed by atoms with Crippen molar-refractivity contribution < 1.29 is 9.53 Å². The molecule has 0 spiro atoms. The van der Waals surface area contributed by atoms with Gasteiger partial charge in [-0.25, -0.2) is 0 Å². The third-order valence-corrected chi connectivity index (χ3v) is 4.81. The lowest BCUT2D eigenvalue weighted by molar-refractivity contribution is 0.0783. The summed E-state index contributed by atoms with van der Waals surface area (Å²) in [7, 11) is 1.74. The molecular weight excluding hydrogens is 397 g/mol. The molecule has 0 saturated carbocycles. The first-order chi connectivity index (χ1) is 13.5. The second-order valence-corrected chi connectivity index (χ2v) is 7.23. The maximum Gasteiger partial charge on any atom is 0.253 e. The number of hydrogen-bond donors (Lipinski definition) is 0. The van der Waals surface area contributed by atoms with E-state index in [9.17, 15) is 4.79 Å². The maximum absolute atomic E-state index is 12.8. The lowest BCUT2D eigenvalue weighted by atomic mass is 10.1. The van der Waals surface area contributed by atoms with Crippen LogP contribution >= 0.6 is 23.2 Å². The number of hydrogen-bond acceptors (Lipinski definition) is 3. The molecule has 5 nitrogen and oxygen atoms in total. The van der Waals surface area contributed by atoms with Gasteiger partial charge in [0.2, 0.25) is 0 Å². The van der Waals surface area contributed by atoms with Gasteiger partial charge in [-0.15, -0.1) is 0 Å². The molecule has 0 fully saturated rings. The van der Waals surface area contributed by atoms with E-state index in [2.05, 4.69) is 5.10 Å². The van der Waals surface area contributed by atoms with E-state index in [0.29, 0.717) is 34.5 Å². The van der Waals surface area contributed by atoms with Crippen LogP contribution in [0.5, 0.6) is 5.75 Å². The fraction of sp³-hybridized carbons (Fsp3) is 0.238. The number of nitrogens with zero attached hydrogens (tertiary/aromatic N) is 3. The van der Waals surface area contributed by atoms with Gasteiger partial charge in [-0.3, -0.25) is 9.48 Å². The zero-order valence-corrected chi connectivity index (χ0v) is 17.2. The number of rotatable bonds is 7. The Morgan fingerprint density at radius 3 is 2.61 bits per heavy atom. The van der Waals surface area contributed by atoms with Crippen molar-refractivity contribution in [3.05, 3.63) is 81.6 Å². The van der Waals surface area contributed by atoms with Gasteiger partial charge in [-0.1, -0.05) is 35.3 Å². The number of ether oxygens (including phenoxy) is 1. The summed E-state index contributed by atoms with van der Waals surface area (Å²) in [5, 5.41) is 5.61. The van der Waals surface area contributed by atoms with Gasteiger partial charge in [-0.05, 0) is 48.9 Å². The fourth-order valence-electron chi connectivity index (χ4n) is 2.71. The van der Waals surface area contributed by atoms with E-state index in [1.807, 2.05) is 37.3 Å². The average Bonchev–Trinajstić information content (AvgIpc) is 3.06. The molecule has 0 aliphatic heterocycles. The number of benzene rings is 2. The zero-order chi connectivity index (χ0) is 20.1. The molecule has 0 aliphatic rings. The molecule has 3 rings (SSSR count). The molecule has 0 unspecified atom stereocenters. The summed E-state index contributed by atoms with van der Waals surface area (Å²) in [5.74, 6) is 0.620. The minimum Gasteiger partial charge on any atom is -0.489 e. The number of amides is 1. The Morgan fingerprint density at radius 2 is 1.93 bits per heavy atom. The van der Waals surface area contributed by atoms with Crippen molar-refractivity contribution in [3.63, 3.8) is 0 Å². The third-order valence-electron chi connectivity index (χ3n) is 4.24. The Kier molecular flexibility index (Phi) is 6.60. The summed E-state index contributed by atoms with van der Waals surface area (Å²) in [4.78, 5) is 14.4. The molecule has 7 heteroatoms. The Bertz CT molecular complexity index is 955. The van der Waals surface area contributed by atoms with E-state index in [1.54, 1.807) is 41.0 Å². The molecule has 1 heterocycles. The largest absolute Gasteiger partial charge is 0.489 e. The van der Waals surface area contributed by atoms with Gasteiger partial charge in [0.1, 0.15) is 18.1 Å². The summed E-state index contributed by atoms with van der Waals surface area (Å²) < 4.78 is 7.51. The smallest absolute Gasteiger partial charge is 0.253 e. The molecule has 0 aliphatic carbocycles. The van der Waals surface area contributed by atoms with E-state index in [-0.39, 0.29) is 5.91 Å². The van der Waals surface area contributed by atoms with Crippen LogP contribution in [0.2, 0.25) is 10.0 Å². The number of aryl methyl sites for hydroxylation is 1. The van der Waals surface area contributed by atoms with Crippen molar-refractivity contribution in [1.82, 2.24) is 14.7 Å². The second kappa shape index (κ2) is 9.13. The van der Waals surface area contributed by atoms with Crippen molar-refractivity contribution in [2.45, 2.75) is 26.6 Å². The molecule has 1 amide bonds. The van der Waals surface area contributed by atoms with E-state index in [1.165, 1.54) is 0 Å². The van der Waals surface area contributed by atoms with Crippen molar-refractivity contribution >= 4 is 29.1 Å². The van der Waals surface area contributed by atoms with Crippen LogP contribution in [-0.2, 0) is 19.7 Å². The molecule has 2 aromatic carbocycles. The summed E-state index contributed by atoms with van der Waals surface area (Å²) in [6.45, 7) is 3.42. The van der Waals surface area contributed by atoms with Crippen molar-refractivity contribution in [2.24, 2.45) is 0 Å². The standard InChI is InChI=1S/C21H21Cl2N3O2/c1-3-26-12-19(23)20(24-26)13-25(2)21(27)16-6-4-5-15(11-16)14-28-18-9-7-17(22)8-10-18/h4-12H,3,13-14H2,1-2H3. The van der Waals surface area contributed by atoms with Crippen molar-refractivity contribution in [3.8, 4) is 5.75 Å². The van der Waals surface area contributed by atoms with Gasteiger partial charge in [0.15, 0.2) is 0 Å². The summed E-state index contributed by atoms with van der Waals surface area (Å²) in [6.07, 6.45) is 1.77. The van der Waals surface area contributed by atoms with Gasteiger partial charge in [-0.2, -0.15) is 5.10 Å². The number of halogens is 2. The molecule has 0 atom stereocenters. The minimum atomic E-state index is -0.101. The molecule has 0 bridgehead atoms. The molecular formula is C21H21Cl2N3O2. The van der Waals surface area contributed by atoms with E-state index in [4.69, 9.17) is 27.9 Å². The molecule has 0 radical (unpaired) electrons. The van der Waals surface area contributed by atoms with Gasteiger partial charge in [0.25, 0.3) is 5.91 Å². The Morgan fingerprint density at radius 1 is 1.18 bits per heavy atom. The Balaban J connectivity index is 1.65. The van der Waals surface area contributed by atoms with Crippen LogP contribution in [-0.4, -0.2) is 27.6 Å². The topological polar surface area (TPSA) is 47.4 Å². The lowest BCUT2D eigenvalue weighted by Gasteiger charge is -2.17. The highest BCUT2D eigenvalue weighted by molar-refractivity contribution is 6.31. The Labute approximate surface area is 174 Å². The predicted octanol–water partition coefficient (Wildman–Crippen LogP) is 5.06. The zero-order valence-electron chi connectivity index (χ0n) is 15.7. The first kappa shape index (κ1) is 20.2. The van der Waals surface area contributed by atoms with E-state index >= 15 is 0 Å². The van der Waals surface area contributed by atoms with Crippen LogP contribution in [0.1, 0.15) is 28.5 Å². The first-order valence-electron chi connectivity index (χ1n) is 8.91. The van der Waals surface area contributed by atoms with Gasteiger partial charge >= 0.3 is 0 Å². The number of carbonyl (C=O) groups is 1. The van der Waals surface area contributed by atoms with Crippen LogP contribution in [0.3, 0.4) is 0 Å². The normalized spacial score (nSPS) is 10.7. The first-order valence-corrected chi connectivity index (χ1v) is 9.66. The predicted molar refractivity (Wildman–Crippen MR) is 111 cm³/mol. The van der Waals surface area contributed by atoms with Crippen LogP contribution in [0.4, 0.5) is 0 Å². The highest BCUT2D eigenvalue weighted by atomic mass is 35.5. The second-order valence-electron chi connectivity index (χ2n) is 6.38. The molecule has 3 aromatic rings. The van der Waals surface area contributed by atoms with Crippen molar-refractivity contribution in [1.29, 1.82) is 0 Å². The number of aromatic nitrogens is 2. The van der Waals surface area contributed by atoms with Gasteiger partial charge in [0.05, 0.1) is 11.6 Å². The Hall–Kier alpha value is -2.50. The van der Waals surface area contributed by atoms with Crippen LogP contribution in [0, 0.1) is 0 Å². The van der Waals surface area contributed by atoms with Crippen LogP contribution < -0.4 is 4.74 Å². The average molecular weight is 418 g/mol. The summed E-state index contributed by atoms with van der Waals surface area (Å²) >= 11 is 12.1. The van der Waals surface area contributed by atoms with Crippen LogP contribution in [0.25, 0.3) is 0 Å². The van der Waals surface area contributed by atoms with Gasteiger partial charge < -0.3 is 9.64 Å². The highest BCUT2D eigenvalue weighted by Gasteiger charge is 2.16. The quantitative estimate of drug-likeness (QED) is 0.539. The monoisotopic (exact) mass is 417 g/mol.